The van der Waals surface area contributed by atoms with Gasteiger partial charge in [-0.25, -0.2) is 15.0 Å². The molecule has 0 atom stereocenters. The molecular formula is C10H10Br2N4. The number of rotatable bonds is 2. The Labute approximate surface area is 110 Å². The van der Waals surface area contributed by atoms with Crippen molar-refractivity contribution in [2.45, 2.75) is 19.9 Å². The average molecular weight is 346 g/mol. The van der Waals surface area contributed by atoms with Crippen LogP contribution < -0.4 is 0 Å². The van der Waals surface area contributed by atoms with Gasteiger partial charge in [-0.15, -0.1) is 0 Å². The number of hydrogen-bond acceptors (Lipinski definition) is 3. The number of hydrogen-bond donors (Lipinski definition) is 0. The summed E-state index contributed by atoms with van der Waals surface area (Å²) in [5.41, 5.74) is 0.914. The lowest BCUT2D eigenvalue weighted by Crippen LogP contribution is -2.03. The van der Waals surface area contributed by atoms with E-state index >= 15 is 0 Å². The second-order valence-electron chi connectivity index (χ2n) is 3.62. The molecule has 0 aromatic carbocycles. The van der Waals surface area contributed by atoms with Crippen LogP contribution in [0.3, 0.4) is 0 Å². The van der Waals surface area contributed by atoms with E-state index in [9.17, 15) is 0 Å². The van der Waals surface area contributed by atoms with E-state index < -0.39 is 0 Å². The second-order valence-corrected chi connectivity index (χ2v) is 5.24. The third kappa shape index (κ3) is 2.32. The van der Waals surface area contributed by atoms with Crippen LogP contribution in [0.5, 0.6) is 0 Å². The van der Waals surface area contributed by atoms with Crippen LogP contribution in [0.2, 0.25) is 0 Å². The number of imidazole rings is 1. The Balaban J connectivity index is 2.54. The van der Waals surface area contributed by atoms with Crippen molar-refractivity contribution in [2.24, 2.45) is 0 Å². The zero-order chi connectivity index (χ0) is 11.7. The molecule has 2 rings (SSSR count). The SMILES string of the molecule is CC(C)n1cncc1-c1nc(Br)cc(Br)n1. The molecule has 2 aromatic rings. The van der Waals surface area contributed by atoms with Crippen molar-refractivity contribution in [1.29, 1.82) is 0 Å². The summed E-state index contributed by atoms with van der Waals surface area (Å²) in [6.45, 7) is 4.19. The molecule has 0 bridgehead atoms. The Morgan fingerprint density at radius 2 is 1.81 bits per heavy atom. The fraction of sp³-hybridized carbons (Fsp3) is 0.300. The highest BCUT2D eigenvalue weighted by Gasteiger charge is 2.11. The van der Waals surface area contributed by atoms with E-state index in [2.05, 4.69) is 60.7 Å². The smallest absolute Gasteiger partial charge is 0.179 e. The first-order valence-electron chi connectivity index (χ1n) is 4.80. The van der Waals surface area contributed by atoms with Gasteiger partial charge < -0.3 is 4.57 Å². The minimum atomic E-state index is 0.332. The molecule has 0 radical (unpaired) electrons. The molecule has 2 aromatic heterocycles. The van der Waals surface area contributed by atoms with E-state index in [4.69, 9.17) is 0 Å². The minimum absolute atomic E-state index is 0.332. The summed E-state index contributed by atoms with van der Waals surface area (Å²) in [4.78, 5) is 12.8. The lowest BCUT2D eigenvalue weighted by molar-refractivity contribution is 0.603. The molecule has 0 N–H and O–H groups in total. The summed E-state index contributed by atoms with van der Waals surface area (Å²) in [7, 11) is 0. The van der Waals surface area contributed by atoms with Gasteiger partial charge in [0.2, 0.25) is 0 Å². The number of aromatic nitrogens is 4. The van der Waals surface area contributed by atoms with Crippen LogP contribution in [0.4, 0.5) is 0 Å². The number of halogens is 2. The van der Waals surface area contributed by atoms with E-state index in [1.54, 1.807) is 18.6 Å². The van der Waals surface area contributed by atoms with Crippen LogP contribution in [0.1, 0.15) is 19.9 Å². The van der Waals surface area contributed by atoms with Crippen molar-refractivity contribution >= 4 is 31.9 Å². The highest BCUT2D eigenvalue weighted by molar-refractivity contribution is 9.11. The Morgan fingerprint density at radius 1 is 1.19 bits per heavy atom. The van der Waals surface area contributed by atoms with Crippen molar-refractivity contribution in [1.82, 2.24) is 19.5 Å². The molecule has 6 heteroatoms. The molecule has 84 valence electrons. The first-order chi connectivity index (χ1) is 7.58. The largest absolute Gasteiger partial charge is 0.325 e. The molecule has 0 spiro atoms. The zero-order valence-electron chi connectivity index (χ0n) is 8.85. The van der Waals surface area contributed by atoms with Crippen LogP contribution in [0.25, 0.3) is 11.5 Å². The molecule has 0 saturated heterocycles. The normalized spacial score (nSPS) is 11.1. The van der Waals surface area contributed by atoms with Gasteiger partial charge in [-0.3, -0.25) is 0 Å². The third-order valence-electron chi connectivity index (χ3n) is 2.12. The predicted molar refractivity (Wildman–Crippen MR) is 69.0 cm³/mol. The van der Waals surface area contributed by atoms with Gasteiger partial charge >= 0.3 is 0 Å². The van der Waals surface area contributed by atoms with Crippen LogP contribution >= 0.6 is 31.9 Å². The second kappa shape index (κ2) is 4.63. The van der Waals surface area contributed by atoms with Crippen LogP contribution in [0, 0.1) is 0 Å². The number of nitrogens with zero attached hydrogens (tertiary/aromatic N) is 4. The fourth-order valence-corrected chi connectivity index (χ4v) is 2.47. The maximum absolute atomic E-state index is 4.33. The monoisotopic (exact) mass is 344 g/mol. The predicted octanol–water partition coefficient (Wildman–Crippen LogP) is 3.45. The van der Waals surface area contributed by atoms with Crippen LogP contribution in [-0.4, -0.2) is 19.5 Å². The lowest BCUT2D eigenvalue weighted by atomic mass is 10.3. The molecule has 0 saturated carbocycles. The Morgan fingerprint density at radius 3 is 2.38 bits per heavy atom. The summed E-state index contributed by atoms with van der Waals surface area (Å²) in [5, 5.41) is 0. The highest BCUT2D eigenvalue weighted by atomic mass is 79.9. The van der Waals surface area contributed by atoms with E-state index in [0.717, 1.165) is 14.9 Å². The molecule has 16 heavy (non-hydrogen) atoms. The minimum Gasteiger partial charge on any atom is -0.325 e. The third-order valence-corrected chi connectivity index (χ3v) is 2.93. The van der Waals surface area contributed by atoms with Gasteiger partial charge in [-0.2, -0.15) is 0 Å². The maximum atomic E-state index is 4.33. The first-order valence-corrected chi connectivity index (χ1v) is 6.39. The fourth-order valence-electron chi connectivity index (χ4n) is 1.39. The van der Waals surface area contributed by atoms with Gasteiger partial charge in [0.05, 0.1) is 12.5 Å². The zero-order valence-corrected chi connectivity index (χ0v) is 12.0. The maximum Gasteiger partial charge on any atom is 0.179 e. The molecule has 0 aliphatic carbocycles. The standard InChI is InChI=1S/C10H10Br2N4/c1-6(2)16-5-13-4-7(16)10-14-8(11)3-9(12)15-10/h3-6H,1-2H3. The van der Waals surface area contributed by atoms with Crippen LogP contribution in [0.15, 0.2) is 27.8 Å². The van der Waals surface area contributed by atoms with Crippen molar-refractivity contribution in [3.05, 3.63) is 27.8 Å². The summed E-state index contributed by atoms with van der Waals surface area (Å²) >= 11 is 6.70. The summed E-state index contributed by atoms with van der Waals surface area (Å²) in [6, 6.07) is 2.14. The van der Waals surface area contributed by atoms with Gasteiger partial charge in [-0.05, 0) is 45.7 Å². The summed E-state index contributed by atoms with van der Waals surface area (Å²) < 4.78 is 3.54. The summed E-state index contributed by atoms with van der Waals surface area (Å²) in [5.74, 6) is 0.660. The van der Waals surface area contributed by atoms with E-state index in [0.29, 0.717) is 11.9 Å². The van der Waals surface area contributed by atoms with E-state index in [-0.39, 0.29) is 0 Å². The van der Waals surface area contributed by atoms with Crippen molar-refractivity contribution in [2.75, 3.05) is 0 Å². The van der Waals surface area contributed by atoms with Crippen molar-refractivity contribution in [3.8, 4) is 11.5 Å². The summed E-state index contributed by atoms with van der Waals surface area (Å²) in [6.07, 6.45) is 3.56. The Bertz CT molecular complexity index is 487. The quantitative estimate of drug-likeness (QED) is 0.783. The molecular weight excluding hydrogens is 336 g/mol. The molecule has 0 amide bonds. The van der Waals surface area contributed by atoms with Crippen molar-refractivity contribution < 1.29 is 0 Å². The van der Waals surface area contributed by atoms with E-state index in [1.165, 1.54) is 0 Å². The molecule has 4 nitrogen and oxygen atoms in total. The molecule has 0 aliphatic rings. The average Bonchev–Trinajstić information content (AvgIpc) is 2.63. The Kier molecular flexibility index (Phi) is 3.39. The molecule has 0 fully saturated rings. The first kappa shape index (κ1) is 11.7. The lowest BCUT2D eigenvalue weighted by Gasteiger charge is -2.10. The van der Waals surface area contributed by atoms with Crippen molar-refractivity contribution in [3.63, 3.8) is 0 Å². The van der Waals surface area contributed by atoms with Gasteiger partial charge in [-0.1, -0.05) is 0 Å². The topological polar surface area (TPSA) is 43.6 Å². The molecule has 0 unspecified atom stereocenters. The van der Waals surface area contributed by atoms with Gasteiger partial charge in [0.15, 0.2) is 5.82 Å². The Hall–Kier alpha value is -0.750. The van der Waals surface area contributed by atoms with Gasteiger partial charge in [0, 0.05) is 12.1 Å². The molecule has 0 aliphatic heterocycles. The molecule has 2 heterocycles. The van der Waals surface area contributed by atoms with Gasteiger partial charge in [0.25, 0.3) is 0 Å². The van der Waals surface area contributed by atoms with Gasteiger partial charge in [0.1, 0.15) is 14.9 Å². The van der Waals surface area contributed by atoms with E-state index in [1.807, 2.05) is 4.57 Å². The van der Waals surface area contributed by atoms with Crippen LogP contribution in [-0.2, 0) is 0 Å². The highest BCUT2D eigenvalue weighted by Crippen LogP contribution is 2.22.